The Hall–Kier alpha value is -0.800. The van der Waals surface area contributed by atoms with Gasteiger partial charge in [-0.25, -0.2) is 0 Å². The van der Waals surface area contributed by atoms with Gasteiger partial charge in [0.1, 0.15) is 11.5 Å². The average Bonchev–Trinajstić information content (AvgIpc) is 3.02. The fourth-order valence-corrected chi connectivity index (χ4v) is 3.15. The molecule has 1 aromatic rings. The molecule has 1 atom stereocenters. The first-order valence-corrected chi connectivity index (χ1v) is 7.82. The van der Waals surface area contributed by atoms with Crippen LogP contribution in [0.2, 0.25) is 0 Å². The second kappa shape index (κ2) is 5.68. The Morgan fingerprint density at radius 3 is 2.95 bits per heavy atom. The maximum absolute atomic E-state index is 5.94. The molecular formula is C16H26N2O. The lowest BCUT2D eigenvalue weighted by Crippen LogP contribution is -2.27. The Morgan fingerprint density at radius 2 is 2.21 bits per heavy atom. The van der Waals surface area contributed by atoms with E-state index in [0.29, 0.717) is 0 Å². The van der Waals surface area contributed by atoms with E-state index < -0.39 is 0 Å². The van der Waals surface area contributed by atoms with Crippen LogP contribution in [0.1, 0.15) is 56.1 Å². The van der Waals surface area contributed by atoms with E-state index in [-0.39, 0.29) is 0 Å². The van der Waals surface area contributed by atoms with Crippen molar-refractivity contribution in [2.24, 2.45) is 0 Å². The number of hydrogen-bond acceptors (Lipinski definition) is 3. The van der Waals surface area contributed by atoms with Gasteiger partial charge < -0.3 is 9.73 Å². The number of likely N-dealkylation sites (tertiary alicyclic amines) is 1. The molecule has 19 heavy (non-hydrogen) atoms. The molecule has 3 heteroatoms. The molecule has 2 aliphatic rings. The Kier molecular flexibility index (Phi) is 3.94. The van der Waals surface area contributed by atoms with Gasteiger partial charge in [-0.15, -0.1) is 0 Å². The number of furan rings is 1. The van der Waals surface area contributed by atoms with Crippen molar-refractivity contribution in [1.29, 1.82) is 0 Å². The van der Waals surface area contributed by atoms with Crippen molar-refractivity contribution >= 4 is 0 Å². The third kappa shape index (κ3) is 3.21. The van der Waals surface area contributed by atoms with Crippen molar-refractivity contribution in [2.75, 3.05) is 6.54 Å². The zero-order chi connectivity index (χ0) is 13.2. The Morgan fingerprint density at radius 1 is 1.37 bits per heavy atom. The van der Waals surface area contributed by atoms with Gasteiger partial charge >= 0.3 is 0 Å². The highest BCUT2D eigenvalue weighted by Crippen LogP contribution is 2.25. The fraction of sp³-hybridized carbons (Fsp3) is 0.750. The van der Waals surface area contributed by atoms with E-state index in [2.05, 4.69) is 30.1 Å². The molecule has 1 aliphatic carbocycles. The number of nitrogens with one attached hydrogen (secondary N) is 1. The van der Waals surface area contributed by atoms with Gasteiger partial charge in [0.05, 0.1) is 6.54 Å². The van der Waals surface area contributed by atoms with Gasteiger partial charge in [0, 0.05) is 24.2 Å². The fourth-order valence-electron chi connectivity index (χ4n) is 3.15. The summed E-state index contributed by atoms with van der Waals surface area (Å²) in [5, 5.41) is 3.57. The Labute approximate surface area is 116 Å². The lowest BCUT2D eigenvalue weighted by Gasteiger charge is -2.21. The van der Waals surface area contributed by atoms with Crippen LogP contribution in [0.25, 0.3) is 0 Å². The molecule has 1 aliphatic heterocycles. The summed E-state index contributed by atoms with van der Waals surface area (Å²) in [6.07, 6.45) is 6.64. The van der Waals surface area contributed by atoms with Crippen molar-refractivity contribution < 1.29 is 4.42 Å². The number of rotatable bonds is 6. The first-order valence-electron chi connectivity index (χ1n) is 7.82. The summed E-state index contributed by atoms with van der Waals surface area (Å²) in [5.74, 6) is 2.24. The van der Waals surface area contributed by atoms with Crippen molar-refractivity contribution in [3.05, 3.63) is 23.2 Å². The molecule has 1 N–H and O–H groups in total. The highest BCUT2D eigenvalue weighted by molar-refractivity contribution is 5.21. The summed E-state index contributed by atoms with van der Waals surface area (Å²) < 4.78 is 5.94. The van der Waals surface area contributed by atoms with E-state index in [9.17, 15) is 0 Å². The topological polar surface area (TPSA) is 28.4 Å². The minimum absolute atomic E-state index is 0.762. The number of nitrogens with zero attached hydrogens (tertiary/aromatic N) is 1. The third-order valence-corrected chi connectivity index (χ3v) is 4.56. The van der Waals surface area contributed by atoms with Crippen LogP contribution in [-0.4, -0.2) is 23.5 Å². The quantitative estimate of drug-likeness (QED) is 0.853. The standard InChI is InChI=1S/C16H26N2O/c1-3-15-5-4-8-18(15)11-16-9-13(12(2)19-16)10-17-14-6-7-14/h9,14-15,17H,3-8,10-11H2,1-2H3. The van der Waals surface area contributed by atoms with Gasteiger partial charge in [-0.05, 0) is 51.6 Å². The van der Waals surface area contributed by atoms with Crippen LogP contribution in [0.3, 0.4) is 0 Å². The van der Waals surface area contributed by atoms with Crippen molar-refractivity contribution in [2.45, 2.75) is 71.1 Å². The minimum Gasteiger partial charge on any atom is -0.465 e. The molecule has 2 heterocycles. The number of hydrogen-bond donors (Lipinski definition) is 1. The van der Waals surface area contributed by atoms with Crippen LogP contribution in [0, 0.1) is 6.92 Å². The van der Waals surface area contributed by atoms with E-state index in [1.54, 1.807) is 0 Å². The van der Waals surface area contributed by atoms with Crippen LogP contribution in [0.15, 0.2) is 10.5 Å². The first kappa shape index (κ1) is 13.2. The van der Waals surface area contributed by atoms with Gasteiger partial charge in [-0.2, -0.15) is 0 Å². The van der Waals surface area contributed by atoms with Crippen LogP contribution in [0.4, 0.5) is 0 Å². The van der Waals surface area contributed by atoms with Gasteiger partial charge in [-0.3, -0.25) is 4.90 Å². The van der Waals surface area contributed by atoms with Crippen LogP contribution < -0.4 is 5.32 Å². The molecule has 1 aromatic heterocycles. The SMILES string of the molecule is CCC1CCCN1Cc1cc(CNC2CC2)c(C)o1. The molecule has 1 saturated carbocycles. The van der Waals surface area contributed by atoms with Gasteiger partial charge in [-0.1, -0.05) is 6.92 Å². The van der Waals surface area contributed by atoms with Crippen LogP contribution in [0.5, 0.6) is 0 Å². The van der Waals surface area contributed by atoms with Crippen molar-refractivity contribution in [3.63, 3.8) is 0 Å². The molecule has 0 radical (unpaired) electrons. The molecule has 1 unspecified atom stereocenters. The summed E-state index contributed by atoms with van der Waals surface area (Å²) in [6.45, 7) is 7.57. The molecular weight excluding hydrogens is 236 g/mol. The monoisotopic (exact) mass is 262 g/mol. The second-order valence-electron chi connectivity index (χ2n) is 6.12. The smallest absolute Gasteiger partial charge is 0.118 e. The summed E-state index contributed by atoms with van der Waals surface area (Å²) in [5.41, 5.74) is 1.34. The highest BCUT2D eigenvalue weighted by Gasteiger charge is 2.24. The van der Waals surface area contributed by atoms with Gasteiger partial charge in [0.15, 0.2) is 0 Å². The molecule has 0 aromatic carbocycles. The maximum Gasteiger partial charge on any atom is 0.118 e. The lowest BCUT2D eigenvalue weighted by atomic mass is 10.1. The maximum atomic E-state index is 5.94. The molecule has 0 amide bonds. The molecule has 3 rings (SSSR count). The summed E-state index contributed by atoms with van der Waals surface area (Å²) in [6, 6.07) is 3.79. The molecule has 1 saturated heterocycles. The number of aryl methyl sites for hydroxylation is 1. The molecule has 0 bridgehead atoms. The van der Waals surface area contributed by atoms with Crippen molar-refractivity contribution in [3.8, 4) is 0 Å². The van der Waals surface area contributed by atoms with Crippen LogP contribution in [-0.2, 0) is 13.1 Å². The third-order valence-electron chi connectivity index (χ3n) is 4.56. The molecule has 2 fully saturated rings. The van der Waals surface area contributed by atoms with E-state index in [1.807, 2.05) is 0 Å². The van der Waals surface area contributed by atoms with E-state index in [0.717, 1.165) is 36.7 Å². The normalized spacial score (nSPS) is 24.2. The molecule has 106 valence electrons. The Balaban J connectivity index is 1.59. The Bertz CT molecular complexity index is 422. The minimum atomic E-state index is 0.762. The zero-order valence-electron chi connectivity index (χ0n) is 12.2. The van der Waals surface area contributed by atoms with E-state index in [1.165, 1.54) is 44.2 Å². The lowest BCUT2D eigenvalue weighted by molar-refractivity contribution is 0.220. The summed E-state index contributed by atoms with van der Waals surface area (Å²) in [7, 11) is 0. The summed E-state index contributed by atoms with van der Waals surface area (Å²) in [4.78, 5) is 2.58. The van der Waals surface area contributed by atoms with Crippen LogP contribution >= 0.6 is 0 Å². The average molecular weight is 262 g/mol. The predicted octanol–water partition coefficient (Wildman–Crippen LogP) is 3.21. The van der Waals surface area contributed by atoms with E-state index >= 15 is 0 Å². The zero-order valence-corrected chi connectivity index (χ0v) is 12.2. The van der Waals surface area contributed by atoms with E-state index in [4.69, 9.17) is 4.42 Å². The largest absolute Gasteiger partial charge is 0.465 e. The molecule has 0 spiro atoms. The second-order valence-corrected chi connectivity index (χ2v) is 6.12. The summed E-state index contributed by atoms with van der Waals surface area (Å²) >= 11 is 0. The van der Waals surface area contributed by atoms with Gasteiger partial charge in [0.2, 0.25) is 0 Å². The van der Waals surface area contributed by atoms with Crippen molar-refractivity contribution in [1.82, 2.24) is 10.2 Å². The van der Waals surface area contributed by atoms with Gasteiger partial charge in [0.25, 0.3) is 0 Å². The first-order chi connectivity index (χ1) is 9.26. The predicted molar refractivity (Wildman–Crippen MR) is 77.0 cm³/mol. The highest BCUT2D eigenvalue weighted by atomic mass is 16.3. The molecule has 3 nitrogen and oxygen atoms in total.